The Labute approximate surface area is 196 Å². The molecule has 1 aromatic carbocycles. The van der Waals surface area contributed by atoms with Gasteiger partial charge in [-0.15, -0.1) is 0 Å². The first kappa shape index (κ1) is 22.1. The van der Waals surface area contributed by atoms with Crippen LogP contribution in [0.5, 0.6) is 0 Å². The lowest BCUT2D eigenvalue weighted by Gasteiger charge is -2.34. The monoisotopic (exact) mass is 445 g/mol. The summed E-state index contributed by atoms with van der Waals surface area (Å²) in [5, 5.41) is 1.24. The lowest BCUT2D eigenvalue weighted by Crippen LogP contribution is -2.49. The van der Waals surface area contributed by atoms with Crippen LogP contribution in [0.3, 0.4) is 0 Å². The lowest BCUT2D eigenvalue weighted by molar-refractivity contribution is -0.134. The zero-order valence-electron chi connectivity index (χ0n) is 20.1. The lowest BCUT2D eigenvalue weighted by atomic mass is 9.84. The third kappa shape index (κ3) is 4.30. The van der Waals surface area contributed by atoms with Crippen molar-refractivity contribution in [2.24, 2.45) is 5.41 Å². The summed E-state index contributed by atoms with van der Waals surface area (Å²) in [5.41, 5.74) is 12.8. The Morgan fingerprint density at radius 1 is 1.12 bits per heavy atom. The van der Waals surface area contributed by atoms with Gasteiger partial charge in [0.1, 0.15) is 6.04 Å². The average Bonchev–Trinajstić information content (AvgIpc) is 3.44. The van der Waals surface area contributed by atoms with E-state index in [0.717, 1.165) is 37.9 Å². The SMILES string of the molecule is Cc1ccc2[nH]c(C3CCCN(C(=O)C4CC(C(C)(C)C)NN4)C3)c(-c3ccncc3)c2c1. The van der Waals surface area contributed by atoms with Gasteiger partial charge in [-0.3, -0.25) is 15.2 Å². The molecular formula is C27H35N5O. The summed E-state index contributed by atoms with van der Waals surface area (Å²) in [6.45, 7) is 10.4. The van der Waals surface area contributed by atoms with Crippen molar-refractivity contribution in [2.45, 2.75) is 65.0 Å². The molecule has 3 aromatic rings. The number of nitrogens with zero attached hydrogens (tertiary/aromatic N) is 2. The zero-order chi connectivity index (χ0) is 23.2. The van der Waals surface area contributed by atoms with Crippen LogP contribution in [0.4, 0.5) is 0 Å². The first-order valence-corrected chi connectivity index (χ1v) is 12.1. The largest absolute Gasteiger partial charge is 0.358 e. The van der Waals surface area contributed by atoms with Crippen molar-refractivity contribution in [1.82, 2.24) is 25.7 Å². The second kappa shape index (κ2) is 8.58. The normalized spacial score (nSPS) is 23.9. The number of benzene rings is 1. The summed E-state index contributed by atoms with van der Waals surface area (Å²) in [5.74, 6) is 0.503. The molecule has 2 aromatic heterocycles. The summed E-state index contributed by atoms with van der Waals surface area (Å²) in [7, 11) is 0. The number of carbonyl (C=O) groups excluding carboxylic acids is 1. The van der Waals surface area contributed by atoms with Crippen molar-refractivity contribution in [3.05, 3.63) is 54.0 Å². The number of hydrazine groups is 1. The van der Waals surface area contributed by atoms with Gasteiger partial charge in [-0.05, 0) is 61.4 Å². The van der Waals surface area contributed by atoms with Gasteiger partial charge < -0.3 is 9.88 Å². The number of hydrogen-bond donors (Lipinski definition) is 3. The van der Waals surface area contributed by atoms with E-state index < -0.39 is 0 Å². The average molecular weight is 446 g/mol. The Morgan fingerprint density at radius 2 is 1.91 bits per heavy atom. The number of fused-ring (bicyclic) bond motifs is 1. The summed E-state index contributed by atoms with van der Waals surface area (Å²) in [4.78, 5) is 23.5. The van der Waals surface area contributed by atoms with E-state index in [1.807, 2.05) is 12.4 Å². The van der Waals surface area contributed by atoms with E-state index in [4.69, 9.17) is 0 Å². The number of aryl methyl sites for hydroxylation is 1. The number of aromatic nitrogens is 2. The molecule has 0 radical (unpaired) electrons. The minimum Gasteiger partial charge on any atom is -0.358 e. The number of aromatic amines is 1. The summed E-state index contributed by atoms with van der Waals surface area (Å²) in [6.07, 6.45) is 6.64. The van der Waals surface area contributed by atoms with Crippen LogP contribution in [-0.2, 0) is 4.79 Å². The molecule has 4 heterocycles. The van der Waals surface area contributed by atoms with Crippen LogP contribution in [0.25, 0.3) is 22.0 Å². The molecule has 0 bridgehead atoms. The van der Waals surface area contributed by atoms with E-state index in [1.54, 1.807) is 0 Å². The highest BCUT2D eigenvalue weighted by molar-refractivity contribution is 5.98. The molecule has 1 amide bonds. The smallest absolute Gasteiger partial charge is 0.241 e. The molecule has 0 saturated carbocycles. The number of pyridine rings is 1. The second-order valence-electron chi connectivity index (χ2n) is 10.8. The molecule has 33 heavy (non-hydrogen) atoms. The zero-order valence-corrected chi connectivity index (χ0v) is 20.1. The highest BCUT2D eigenvalue weighted by Gasteiger charge is 2.39. The van der Waals surface area contributed by atoms with Gasteiger partial charge in [0.05, 0.1) is 0 Å². The van der Waals surface area contributed by atoms with Gasteiger partial charge in [-0.1, -0.05) is 32.4 Å². The molecule has 6 nitrogen and oxygen atoms in total. The predicted molar refractivity (Wildman–Crippen MR) is 133 cm³/mol. The number of rotatable bonds is 3. The molecule has 3 N–H and O–H groups in total. The summed E-state index contributed by atoms with van der Waals surface area (Å²) in [6, 6.07) is 10.9. The van der Waals surface area contributed by atoms with Crippen molar-refractivity contribution in [3.63, 3.8) is 0 Å². The van der Waals surface area contributed by atoms with Crippen LogP contribution in [0.2, 0.25) is 0 Å². The molecule has 6 heteroatoms. The molecule has 0 aliphatic carbocycles. The van der Waals surface area contributed by atoms with Gasteiger partial charge in [0.25, 0.3) is 0 Å². The maximum atomic E-state index is 13.4. The maximum absolute atomic E-state index is 13.4. The number of likely N-dealkylation sites (tertiary alicyclic amines) is 1. The first-order valence-electron chi connectivity index (χ1n) is 12.1. The Kier molecular flexibility index (Phi) is 5.75. The summed E-state index contributed by atoms with van der Waals surface area (Å²) >= 11 is 0. The van der Waals surface area contributed by atoms with E-state index in [0.29, 0.717) is 6.04 Å². The number of carbonyl (C=O) groups is 1. The van der Waals surface area contributed by atoms with Crippen LogP contribution < -0.4 is 10.9 Å². The van der Waals surface area contributed by atoms with Crippen molar-refractivity contribution in [3.8, 4) is 11.1 Å². The van der Waals surface area contributed by atoms with E-state index in [1.165, 1.54) is 27.8 Å². The van der Waals surface area contributed by atoms with E-state index in [9.17, 15) is 4.79 Å². The molecule has 174 valence electrons. The minimum atomic E-state index is -0.155. The Balaban J connectivity index is 1.43. The number of hydrogen-bond acceptors (Lipinski definition) is 4. The number of H-pyrrole nitrogens is 1. The number of piperidine rings is 1. The fourth-order valence-electron chi connectivity index (χ4n) is 5.38. The van der Waals surface area contributed by atoms with Crippen molar-refractivity contribution >= 4 is 16.8 Å². The first-order chi connectivity index (χ1) is 15.8. The summed E-state index contributed by atoms with van der Waals surface area (Å²) < 4.78 is 0. The molecule has 3 unspecified atom stereocenters. The van der Waals surface area contributed by atoms with Crippen molar-refractivity contribution in [2.75, 3.05) is 13.1 Å². The quantitative estimate of drug-likeness (QED) is 0.554. The van der Waals surface area contributed by atoms with E-state index >= 15 is 0 Å². The minimum absolute atomic E-state index is 0.119. The fraction of sp³-hybridized carbons (Fsp3) is 0.481. The molecule has 0 spiro atoms. The molecule has 2 saturated heterocycles. The van der Waals surface area contributed by atoms with Gasteiger partial charge in [0.15, 0.2) is 0 Å². The van der Waals surface area contributed by atoms with Gasteiger partial charge in [-0.25, -0.2) is 5.43 Å². The molecule has 5 rings (SSSR count). The fourth-order valence-corrected chi connectivity index (χ4v) is 5.38. The molecule has 2 aliphatic heterocycles. The number of nitrogens with one attached hydrogen (secondary N) is 3. The maximum Gasteiger partial charge on any atom is 0.241 e. The second-order valence-corrected chi connectivity index (χ2v) is 10.8. The molecule has 3 atom stereocenters. The highest BCUT2D eigenvalue weighted by Crippen LogP contribution is 2.39. The topological polar surface area (TPSA) is 73.1 Å². The van der Waals surface area contributed by atoms with Crippen LogP contribution in [0.15, 0.2) is 42.7 Å². The van der Waals surface area contributed by atoms with Gasteiger partial charge in [0, 0.05) is 59.6 Å². The molecule has 2 aliphatic rings. The van der Waals surface area contributed by atoms with Gasteiger partial charge in [-0.2, -0.15) is 0 Å². The van der Waals surface area contributed by atoms with Crippen LogP contribution in [0.1, 0.15) is 57.2 Å². The van der Waals surface area contributed by atoms with Crippen LogP contribution >= 0.6 is 0 Å². The van der Waals surface area contributed by atoms with Crippen molar-refractivity contribution < 1.29 is 4.79 Å². The third-order valence-electron chi connectivity index (χ3n) is 7.34. The van der Waals surface area contributed by atoms with Gasteiger partial charge >= 0.3 is 0 Å². The Hall–Kier alpha value is -2.70. The highest BCUT2D eigenvalue weighted by atomic mass is 16.2. The standard InChI is InChI=1S/C27H35N5O/c1-17-7-8-21-20(14-17)24(18-9-11-28-12-10-18)25(29-21)19-6-5-13-32(16-19)26(33)22-15-23(31-30-22)27(2,3)4/h7-12,14,19,22-23,29-31H,5-6,13,15-16H2,1-4H3. The van der Waals surface area contributed by atoms with Gasteiger partial charge in [0.2, 0.25) is 5.91 Å². The Morgan fingerprint density at radius 3 is 2.64 bits per heavy atom. The van der Waals surface area contributed by atoms with Crippen molar-refractivity contribution in [1.29, 1.82) is 0 Å². The Bertz CT molecular complexity index is 1150. The van der Waals surface area contributed by atoms with E-state index in [-0.39, 0.29) is 23.3 Å². The molecule has 2 fully saturated rings. The van der Waals surface area contributed by atoms with E-state index in [2.05, 4.69) is 83.7 Å². The predicted octanol–water partition coefficient (Wildman–Crippen LogP) is 4.53. The van der Waals surface area contributed by atoms with Crippen LogP contribution in [-0.4, -0.2) is 45.9 Å². The third-order valence-corrected chi connectivity index (χ3v) is 7.34. The van der Waals surface area contributed by atoms with Crippen LogP contribution in [0, 0.1) is 12.3 Å². The number of amides is 1. The molecular weight excluding hydrogens is 410 g/mol.